The lowest BCUT2D eigenvalue weighted by Gasteiger charge is -2.24. The first-order valence-corrected chi connectivity index (χ1v) is 7.63. The number of fused-ring (bicyclic) bond motifs is 1. The summed E-state index contributed by atoms with van der Waals surface area (Å²) in [5.74, 6) is 5.88. The van der Waals surface area contributed by atoms with Gasteiger partial charge in [-0.2, -0.15) is 8.42 Å². The molecule has 8 heteroatoms. The summed E-state index contributed by atoms with van der Waals surface area (Å²) in [7, 11) is -3.61. The minimum atomic E-state index is -3.61. The molecular formula is C13H13N5O2S. The van der Waals surface area contributed by atoms with Gasteiger partial charge in [0.05, 0.1) is 17.9 Å². The molecule has 2 heterocycles. The number of rotatable bonds is 3. The van der Waals surface area contributed by atoms with Gasteiger partial charge in [0.25, 0.3) is 10.0 Å². The highest BCUT2D eigenvalue weighted by molar-refractivity contribution is 7.90. The van der Waals surface area contributed by atoms with E-state index in [2.05, 4.69) is 14.8 Å². The van der Waals surface area contributed by atoms with Crippen molar-refractivity contribution in [2.45, 2.75) is 11.4 Å². The molecule has 7 nitrogen and oxygen atoms in total. The highest BCUT2D eigenvalue weighted by Crippen LogP contribution is 2.30. The normalized spacial score (nSPS) is 15.6. The lowest BCUT2D eigenvalue weighted by Crippen LogP contribution is -2.27. The van der Waals surface area contributed by atoms with Gasteiger partial charge in [-0.15, -0.1) is 4.40 Å². The van der Waals surface area contributed by atoms with Gasteiger partial charge in [-0.25, -0.2) is 10.8 Å². The number of benzene rings is 1. The summed E-state index contributed by atoms with van der Waals surface area (Å²) >= 11 is 0. The molecule has 1 aromatic carbocycles. The van der Waals surface area contributed by atoms with Gasteiger partial charge in [-0.1, -0.05) is 18.2 Å². The Bertz CT molecular complexity index is 804. The maximum atomic E-state index is 11.9. The molecule has 0 aliphatic carbocycles. The average molecular weight is 303 g/mol. The number of hydrogen-bond donors (Lipinski definition) is 2. The van der Waals surface area contributed by atoms with Crippen molar-refractivity contribution in [1.29, 1.82) is 0 Å². The maximum Gasteiger partial charge on any atom is 0.285 e. The summed E-state index contributed by atoms with van der Waals surface area (Å²) in [5, 5.41) is 0. The van der Waals surface area contributed by atoms with Crippen LogP contribution >= 0.6 is 0 Å². The van der Waals surface area contributed by atoms with Crippen molar-refractivity contribution in [2.24, 2.45) is 10.2 Å². The SMILES string of the molecule is NNc1cccc(CN2C=NS(=O)(=O)c3ccccc32)n1. The Kier molecular flexibility index (Phi) is 3.32. The Morgan fingerprint density at radius 2 is 1.95 bits per heavy atom. The van der Waals surface area contributed by atoms with Gasteiger partial charge in [0.15, 0.2) is 0 Å². The van der Waals surface area contributed by atoms with Crippen molar-refractivity contribution >= 4 is 27.9 Å². The van der Waals surface area contributed by atoms with Crippen LogP contribution in [0.5, 0.6) is 0 Å². The van der Waals surface area contributed by atoms with Crippen LogP contribution in [0.3, 0.4) is 0 Å². The van der Waals surface area contributed by atoms with Gasteiger partial charge >= 0.3 is 0 Å². The molecule has 0 amide bonds. The number of para-hydroxylation sites is 1. The fourth-order valence-electron chi connectivity index (χ4n) is 2.10. The molecule has 1 aliphatic rings. The first-order chi connectivity index (χ1) is 10.1. The Morgan fingerprint density at radius 1 is 1.14 bits per heavy atom. The second-order valence-corrected chi connectivity index (χ2v) is 6.05. The second-order valence-electron chi connectivity index (χ2n) is 4.45. The van der Waals surface area contributed by atoms with Crippen LogP contribution in [0.25, 0.3) is 0 Å². The number of nitrogen functional groups attached to an aromatic ring is 1. The van der Waals surface area contributed by atoms with Crippen molar-refractivity contribution < 1.29 is 8.42 Å². The van der Waals surface area contributed by atoms with E-state index in [9.17, 15) is 8.42 Å². The van der Waals surface area contributed by atoms with Crippen LogP contribution in [0.15, 0.2) is 51.8 Å². The van der Waals surface area contributed by atoms with Gasteiger partial charge in [-0.3, -0.25) is 0 Å². The molecule has 0 atom stereocenters. The third-order valence-electron chi connectivity index (χ3n) is 3.06. The van der Waals surface area contributed by atoms with Crippen molar-refractivity contribution in [3.8, 4) is 0 Å². The molecule has 0 saturated heterocycles. The summed E-state index contributed by atoms with van der Waals surface area (Å²) in [6.07, 6.45) is 1.31. The van der Waals surface area contributed by atoms with Crippen LogP contribution in [0.1, 0.15) is 5.69 Å². The Labute approximate surface area is 122 Å². The lowest BCUT2D eigenvalue weighted by molar-refractivity contribution is 0.597. The minimum Gasteiger partial charge on any atom is -0.324 e. The zero-order valence-corrected chi connectivity index (χ0v) is 11.8. The number of hydrogen-bond acceptors (Lipinski definition) is 6. The summed E-state index contributed by atoms with van der Waals surface area (Å²) in [5.41, 5.74) is 3.80. The standard InChI is InChI=1S/C13H13N5O2S/c14-17-13-7-3-4-10(16-13)8-18-9-15-21(19,20)12-6-2-1-5-11(12)18/h1-7,9H,8,14H2,(H,16,17). The molecule has 0 fully saturated rings. The highest BCUT2D eigenvalue weighted by atomic mass is 32.2. The van der Waals surface area contributed by atoms with Crippen LogP contribution in [-0.4, -0.2) is 19.7 Å². The number of nitrogens with one attached hydrogen (secondary N) is 1. The lowest BCUT2D eigenvalue weighted by atomic mass is 10.2. The Morgan fingerprint density at radius 3 is 2.76 bits per heavy atom. The van der Waals surface area contributed by atoms with Crippen LogP contribution in [0.4, 0.5) is 11.5 Å². The van der Waals surface area contributed by atoms with Crippen molar-refractivity contribution in [1.82, 2.24) is 4.98 Å². The van der Waals surface area contributed by atoms with Gasteiger partial charge in [-0.05, 0) is 24.3 Å². The fraction of sp³-hybridized carbons (Fsp3) is 0.0769. The molecule has 1 aromatic heterocycles. The van der Waals surface area contributed by atoms with E-state index >= 15 is 0 Å². The summed E-state index contributed by atoms with van der Waals surface area (Å²) < 4.78 is 27.4. The molecule has 21 heavy (non-hydrogen) atoms. The molecule has 3 N–H and O–H groups in total. The van der Waals surface area contributed by atoms with E-state index in [1.807, 2.05) is 12.1 Å². The summed E-state index contributed by atoms with van der Waals surface area (Å²) in [6, 6.07) is 12.1. The van der Waals surface area contributed by atoms with Crippen molar-refractivity contribution in [3.63, 3.8) is 0 Å². The molecule has 0 saturated carbocycles. The number of hydrazine groups is 1. The third kappa shape index (κ3) is 2.58. The van der Waals surface area contributed by atoms with Gasteiger partial charge in [0.1, 0.15) is 17.1 Å². The van der Waals surface area contributed by atoms with Crippen LogP contribution in [-0.2, 0) is 16.6 Å². The molecule has 108 valence electrons. The molecule has 0 spiro atoms. The topological polar surface area (TPSA) is 101 Å². The quantitative estimate of drug-likeness (QED) is 0.650. The smallest absolute Gasteiger partial charge is 0.285 e. The van der Waals surface area contributed by atoms with Crippen LogP contribution in [0, 0.1) is 0 Å². The highest BCUT2D eigenvalue weighted by Gasteiger charge is 2.24. The predicted molar refractivity (Wildman–Crippen MR) is 80.3 cm³/mol. The largest absolute Gasteiger partial charge is 0.324 e. The van der Waals surface area contributed by atoms with E-state index in [4.69, 9.17) is 5.84 Å². The number of anilines is 2. The number of pyridine rings is 1. The van der Waals surface area contributed by atoms with E-state index in [0.717, 1.165) is 5.69 Å². The van der Waals surface area contributed by atoms with Crippen molar-refractivity contribution in [2.75, 3.05) is 10.3 Å². The number of nitrogens with two attached hydrogens (primary N) is 1. The van der Waals surface area contributed by atoms with E-state index in [1.165, 1.54) is 6.34 Å². The zero-order valence-electron chi connectivity index (χ0n) is 11.0. The molecule has 0 bridgehead atoms. The Hall–Kier alpha value is -2.45. The van der Waals surface area contributed by atoms with E-state index < -0.39 is 10.0 Å². The Balaban J connectivity index is 1.97. The van der Waals surface area contributed by atoms with E-state index in [-0.39, 0.29) is 4.90 Å². The average Bonchev–Trinajstić information content (AvgIpc) is 2.51. The molecule has 1 aliphatic heterocycles. The number of nitrogens with zero attached hydrogens (tertiary/aromatic N) is 3. The third-order valence-corrected chi connectivity index (χ3v) is 4.34. The molecule has 0 radical (unpaired) electrons. The van der Waals surface area contributed by atoms with Crippen molar-refractivity contribution in [3.05, 3.63) is 48.2 Å². The number of sulfonamides is 1. The summed E-state index contributed by atoms with van der Waals surface area (Å²) in [6.45, 7) is 0.394. The molecule has 2 aromatic rings. The molecule has 3 rings (SSSR count). The predicted octanol–water partition coefficient (Wildman–Crippen LogP) is 1.10. The number of aromatic nitrogens is 1. The van der Waals surface area contributed by atoms with Crippen LogP contribution < -0.4 is 16.2 Å². The van der Waals surface area contributed by atoms with E-state index in [0.29, 0.717) is 18.1 Å². The van der Waals surface area contributed by atoms with Gasteiger partial charge in [0.2, 0.25) is 0 Å². The summed E-state index contributed by atoms with van der Waals surface area (Å²) in [4.78, 5) is 6.24. The van der Waals surface area contributed by atoms with Gasteiger partial charge < -0.3 is 10.3 Å². The zero-order chi connectivity index (χ0) is 14.9. The molecular weight excluding hydrogens is 290 g/mol. The van der Waals surface area contributed by atoms with E-state index in [1.54, 1.807) is 35.2 Å². The maximum absolute atomic E-state index is 11.9. The first kappa shape index (κ1) is 13.5. The molecule has 0 unspecified atom stereocenters. The fourth-order valence-corrected chi connectivity index (χ4v) is 3.15. The van der Waals surface area contributed by atoms with Gasteiger partial charge in [0, 0.05) is 0 Å². The monoisotopic (exact) mass is 303 g/mol. The minimum absolute atomic E-state index is 0.195. The van der Waals surface area contributed by atoms with Crippen LogP contribution in [0.2, 0.25) is 0 Å². The second kappa shape index (κ2) is 5.15. The first-order valence-electron chi connectivity index (χ1n) is 6.19.